The summed E-state index contributed by atoms with van der Waals surface area (Å²) in [5.74, 6) is -0.0758. The average Bonchev–Trinajstić information content (AvgIpc) is 2.92. The molecule has 0 bridgehead atoms. The van der Waals surface area contributed by atoms with Gasteiger partial charge in [0.05, 0.1) is 34.7 Å². The molecule has 2 saturated carbocycles. The van der Waals surface area contributed by atoms with Crippen LogP contribution in [0.2, 0.25) is 0 Å². The molecule has 0 saturated heterocycles. The number of alkyl halides is 3. The number of amides is 1. The van der Waals surface area contributed by atoms with E-state index >= 15 is 0 Å². The van der Waals surface area contributed by atoms with Crippen molar-refractivity contribution in [3.05, 3.63) is 81.3 Å². The van der Waals surface area contributed by atoms with Crippen molar-refractivity contribution in [2.24, 2.45) is 0 Å². The number of anilines is 1. The molecule has 1 aromatic heterocycles. The van der Waals surface area contributed by atoms with Crippen molar-refractivity contribution in [3.63, 3.8) is 0 Å². The first-order valence-corrected chi connectivity index (χ1v) is 15.4. The van der Waals surface area contributed by atoms with E-state index < -0.39 is 17.3 Å². The Morgan fingerprint density at radius 1 is 1.10 bits per heavy atom. The summed E-state index contributed by atoms with van der Waals surface area (Å²) >= 11 is 1.63. The largest absolute Gasteiger partial charge is 0.416 e. The summed E-state index contributed by atoms with van der Waals surface area (Å²) in [4.78, 5) is 33.8. The van der Waals surface area contributed by atoms with Crippen LogP contribution < -0.4 is 16.6 Å². The lowest BCUT2D eigenvalue weighted by molar-refractivity contribution is -0.137. The second-order valence-corrected chi connectivity index (χ2v) is 12.7. The SMILES string of the molecule is Nc1ccccc1-n1c(SC2CCC2)nc2c(c1=O)CN(C(=O)CCNC1(c3ccc(C(F)(F)F)cc3)CCC1)CC2. The Morgan fingerprint density at radius 3 is 2.45 bits per heavy atom. The van der Waals surface area contributed by atoms with Crippen LogP contribution in [0.1, 0.15) is 67.3 Å². The predicted octanol–water partition coefficient (Wildman–Crippen LogP) is 5.42. The van der Waals surface area contributed by atoms with Gasteiger partial charge < -0.3 is 16.0 Å². The zero-order valence-electron chi connectivity index (χ0n) is 23.3. The lowest BCUT2D eigenvalue weighted by Gasteiger charge is -2.43. The fraction of sp³-hybridized carbons (Fsp3) is 0.452. The van der Waals surface area contributed by atoms with Gasteiger partial charge in [-0.25, -0.2) is 4.98 Å². The molecule has 2 aromatic carbocycles. The van der Waals surface area contributed by atoms with Crippen molar-refractivity contribution in [2.75, 3.05) is 18.8 Å². The van der Waals surface area contributed by atoms with Crippen LogP contribution in [0.15, 0.2) is 58.5 Å². The van der Waals surface area contributed by atoms with Crippen LogP contribution >= 0.6 is 11.8 Å². The summed E-state index contributed by atoms with van der Waals surface area (Å²) in [5.41, 5.74) is 8.16. The fourth-order valence-electron chi connectivity index (χ4n) is 5.93. The van der Waals surface area contributed by atoms with E-state index in [1.165, 1.54) is 18.6 Å². The molecule has 0 atom stereocenters. The summed E-state index contributed by atoms with van der Waals surface area (Å²) in [5, 5.41) is 4.54. The molecule has 1 aliphatic heterocycles. The van der Waals surface area contributed by atoms with Crippen LogP contribution in [-0.4, -0.2) is 38.7 Å². The van der Waals surface area contributed by atoms with E-state index in [2.05, 4.69) is 5.32 Å². The molecule has 6 rings (SSSR count). The summed E-state index contributed by atoms with van der Waals surface area (Å²) in [6.07, 6.45) is 2.30. The minimum Gasteiger partial charge on any atom is -0.397 e. The normalized spacial score (nSPS) is 18.2. The fourth-order valence-corrected chi connectivity index (χ4v) is 7.25. The van der Waals surface area contributed by atoms with E-state index in [4.69, 9.17) is 10.7 Å². The van der Waals surface area contributed by atoms with Crippen LogP contribution in [-0.2, 0) is 29.5 Å². The molecule has 1 amide bonds. The predicted molar refractivity (Wildman–Crippen MR) is 156 cm³/mol. The van der Waals surface area contributed by atoms with Crippen molar-refractivity contribution in [2.45, 2.75) is 80.0 Å². The van der Waals surface area contributed by atoms with Crippen LogP contribution in [0.4, 0.5) is 18.9 Å². The average molecular weight is 598 g/mol. The van der Waals surface area contributed by atoms with Crippen LogP contribution in [0.25, 0.3) is 5.69 Å². The lowest BCUT2D eigenvalue weighted by Crippen LogP contribution is -2.49. The number of hydrogen-bond acceptors (Lipinski definition) is 6. The van der Waals surface area contributed by atoms with E-state index in [9.17, 15) is 22.8 Å². The topological polar surface area (TPSA) is 93.2 Å². The Kier molecular flexibility index (Phi) is 7.82. The molecule has 11 heteroatoms. The van der Waals surface area contributed by atoms with Gasteiger partial charge in [0.2, 0.25) is 5.91 Å². The van der Waals surface area contributed by atoms with Gasteiger partial charge in [-0.1, -0.05) is 42.4 Å². The number of carbonyl (C=O) groups excluding carboxylic acids is 1. The third kappa shape index (κ3) is 5.56. The molecule has 3 aliphatic rings. The van der Waals surface area contributed by atoms with Crippen LogP contribution in [0.3, 0.4) is 0 Å². The van der Waals surface area contributed by atoms with Crippen LogP contribution in [0.5, 0.6) is 0 Å². The number of para-hydroxylation sites is 2. The first-order chi connectivity index (χ1) is 20.1. The van der Waals surface area contributed by atoms with E-state index in [1.54, 1.807) is 27.3 Å². The van der Waals surface area contributed by atoms with Gasteiger partial charge in [0.25, 0.3) is 5.56 Å². The summed E-state index contributed by atoms with van der Waals surface area (Å²) in [7, 11) is 0. The number of nitrogens with zero attached hydrogens (tertiary/aromatic N) is 3. The van der Waals surface area contributed by atoms with Crippen molar-refractivity contribution in [1.29, 1.82) is 0 Å². The number of nitrogens with one attached hydrogen (secondary N) is 1. The number of nitrogen functional groups attached to an aromatic ring is 1. The van der Waals surface area contributed by atoms with Gasteiger partial charge in [-0.2, -0.15) is 13.2 Å². The Labute approximate surface area is 246 Å². The molecule has 0 unspecified atom stereocenters. The number of halogens is 3. The quantitative estimate of drug-likeness (QED) is 0.266. The van der Waals surface area contributed by atoms with E-state index in [0.717, 1.165) is 55.5 Å². The third-order valence-corrected chi connectivity index (χ3v) is 10.1. The molecule has 42 heavy (non-hydrogen) atoms. The van der Waals surface area contributed by atoms with E-state index in [1.807, 2.05) is 18.2 Å². The molecule has 0 radical (unpaired) electrons. The zero-order valence-corrected chi connectivity index (χ0v) is 24.1. The summed E-state index contributed by atoms with van der Waals surface area (Å²) in [6.45, 7) is 1.06. The number of rotatable bonds is 8. The number of hydrogen-bond donors (Lipinski definition) is 2. The second kappa shape index (κ2) is 11.4. The first kappa shape index (κ1) is 28.8. The molecule has 3 N–H and O–H groups in total. The van der Waals surface area contributed by atoms with Gasteiger partial charge in [0.1, 0.15) is 0 Å². The number of thioether (sulfide) groups is 1. The smallest absolute Gasteiger partial charge is 0.397 e. The molecule has 3 aromatic rings. The number of aromatic nitrogens is 2. The highest BCUT2D eigenvalue weighted by molar-refractivity contribution is 7.99. The molecule has 2 aliphatic carbocycles. The van der Waals surface area contributed by atoms with Gasteiger partial charge in [0, 0.05) is 36.7 Å². The second-order valence-electron chi connectivity index (χ2n) is 11.4. The minimum absolute atomic E-state index is 0.0758. The third-order valence-electron chi connectivity index (χ3n) is 8.83. The molecule has 7 nitrogen and oxygen atoms in total. The maximum atomic E-state index is 13.9. The Bertz CT molecular complexity index is 1530. The first-order valence-electron chi connectivity index (χ1n) is 14.5. The summed E-state index contributed by atoms with van der Waals surface area (Å²) in [6, 6.07) is 12.6. The number of carbonyl (C=O) groups is 1. The van der Waals surface area contributed by atoms with Gasteiger partial charge in [0.15, 0.2) is 5.16 Å². The standard InChI is InChI=1S/C31H34F3N5O2S/c32-31(33,34)21-11-9-20(10-12-21)30(15-4-16-30)36-17-13-27(40)38-18-14-25-23(19-38)28(41)39(26-8-2-1-7-24(26)35)29(37-25)42-22-5-3-6-22/h1-2,7-12,22,36H,3-6,13-19,35H2. The summed E-state index contributed by atoms with van der Waals surface area (Å²) < 4.78 is 40.7. The highest BCUT2D eigenvalue weighted by Gasteiger charge is 2.39. The molecule has 0 spiro atoms. The molecular weight excluding hydrogens is 563 g/mol. The highest BCUT2D eigenvalue weighted by Crippen LogP contribution is 2.42. The number of benzene rings is 2. The Hall–Kier alpha value is -3.31. The lowest BCUT2D eigenvalue weighted by atomic mass is 9.71. The Balaban J connectivity index is 1.16. The molecule has 222 valence electrons. The van der Waals surface area contributed by atoms with Gasteiger partial charge in [-0.05, 0) is 61.9 Å². The van der Waals surface area contributed by atoms with Gasteiger partial charge in [-0.15, -0.1) is 0 Å². The highest BCUT2D eigenvalue weighted by atomic mass is 32.2. The molecular formula is C31H34F3N5O2S. The molecule has 2 heterocycles. The van der Waals surface area contributed by atoms with E-state index in [0.29, 0.717) is 46.9 Å². The van der Waals surface area contributed by atoms with Gasteiger partial charge >= 0.3 is 6.18 Å². The minimum atomic E-state index is -4.37. The van der Waals surface area contributed by atoms with Crippen molar-refractivity contribution in [1.82, 2.24) is 19.8 Å². The number of nitrogens with two attached hydrogens (primary N) is 1. The van der Waals surface area contributed by atoms with Crippen LogP contribution in [0, 0.1) is 0 Å². The number of fused-ring (bicyclic) bond motifs is 1. The molecule has 2 fully saturated rings. The maximum absolute atomic E-state index is 13.9. The van der Waals surface area contributed by atoms with Crippen molar-refractivity contribution < 1.29 is 18.0 Å². The monoisotopic (exact) mass is 597 g/mol. The zero-order chi connectivity index (χ0) is 29.5. The van der Waals surface area contributed by atoms with Gasteiger partial charge in [-0.3, -0.25) is 14.2 Å². The van der Waals surface area contributed by atoms with Crippen molar-refractivity contribution >= 4 is 23.4 Å². The maximum Gasteiger partial charge on any atom is 0.416 e. The van der Waals surface area contributed by atoms with Crippen molar-refractivity contribution in [3.8, 4) is 5.69 Å². The Morgan fingerprint density at radius 2 is 1.83 bits per heavy atom. The van der Waals surface area contributed by atoms with E-state index in [-0.39, 0.29) is 24.4 Å².